The van der Waals surface area contributed by atoms with Gasteiger partial charge in [-0.2, -0.15) is 0 Å². The van der Waals surface area contributed by atoms with Gasteiger partial charge in [0.25, 0.3) is 0 Å². The van der Waals surface area contributed by atoms with Gasteiger partial charge in [0, 0.05) is 129 Å². The fourth-order valence-corrected chi connectivity index (χ4v) is 10.8. The van der Waals surface area contributed by atoms with Crippen LogP contribution in [-0.2, 0) is 76.8 Å². The van der Waals surface area contributed by atoms with Crippen LogP contribution in [0.25, 0.3) is 0 Å². The third-order valence-electron chi connectivity index (χ3n) is 15.9. The predicted molar refractivity (Wildman–Crippen MR) is 355 cm³/mol. The molecule has 99 heavy (non-hydrogen) atoms. The summed E-state index contributed by atoms with van der Waals surface area (Å²) in [4.78, 5) is 168. The number of aliphatic hydroxyl groups is 2. The molecule has 0 bridgehead atoms. The highest BCUT2D eigenvalue weighted by molar-refractivity contribution is 5.94. The van der Waals surface area contributed by atoms with Gasteiger partial charge in [-0.1, -0.05) is 92.1 Å². The van der Waals surface area contributed by atoms with Crippen LogP contribution in [0.15, 0.2) is 84.9 Å². The van der Waals surface area contributed by atoms with Crippen LogP contribution in [0.3, 0.4) is 0 Å². The average molecular weight is 1390 g/mol. The lowest BCUT2D eigenvalue weighted by atomic mass is 10.0. The summed E-state index contributed by atoms with van der Waals surface area (Å²) in [5.41, 5.74) is 2.52. The minimum atomic E-state index is -1.64. The molecule has 0 spiro atoms. The number of hydrogen-bond acceptors (Lipinski definition) is 19. The molecule has 5 atom stereocenters. The second-order valence-corrected chi connectivity index (χ2v) is 24.0. The van der Waals surface area contributed by atoms with Gasteiger partial charge in [-0.25, -0.2) is 14.4 Å². The molecule has 33 heteroatoms. The van der Waals surface area contributed by atoms with E-state index in [2.05, 4.69) is 37.2 Å². The van der Waals surface area contributed by atoms with Gasteiger partial charge in [0.2, 0.25) is 35.4 Å². The number of aliphatic hydroxyl groups excluding tert-OH is 1. The Morgan fingerprint density at radius 3 is 1.41 bits per heavy atom. The van der Waals surface area contributed by atoms with E-state index in [4.69, 9.17) is 5.11 Å². The minimum absolute atomic E-state index is 0.0326. The maximum absolute atomic E-state index is 14.1. The van der Waals surface area contributed by atoms with E-state index in [1.807, 2.05) is 10.2 Å². The fourth-order valence-electron chi connectivity index (χ4n) is 10.8. The number of benzene rings is 3. The quantitative estimate of drug-likeness (QED) is 0.0241. The SMILES string of the molecule is O=C(O)CCC(NC(=O)NC(CCC(=O)NCCCCCCCC(=O)N[C@@H](Cc1ccccc1)C(=O)N[C@@H](Cc1ccccc1)C(=O)NCCNC(=O)CCC(=O)Nc1ccc(CC(CN2CCN(CC(=O)O)CCN(CC(O)O)CC2)N(CC(=O)O)CC(=O)O)cc1)C(=O)O)C(=O)O. The number of aliphatic carboxylic acids is 6. The van der Waals surface area contributed by atoms with Gasteiger partial charge in [-0.15, -0.1) is 0 Å². The number of carbonyl (C=O) groups excluding carboxylic acids is 7. The number of hydrogen-bond donors (Lipinski definition) is 16. The van der Waals surface area contributed by atoms with Crippen LogP contribution in [0, 0.1) is 0 Å². The van der Waals surface area contributed by atoms with Crippen LogP contribution in [0.2, 0.25) is 0 Å². The smallest absolute Gasteiger partial charge is 0.326 e. The van der Waals surface area contributed by atoms with Gasteiger partial charge in [0.1, 0.15) is 24.2 Å². The summed E-state index contributed by atoms with van der Waals surface area (Å²) < 4.78 is 0. The van der Waals surface area contributed by atoms with E-state index < -0.39 is 140 Å². The standard InChI is InChI=1S/C66H94N12O21/c79-53(23-21-49(64(95)96)73-66(99)74-50(65(97)98)22-26-57(83)84)67-27-11-3-1-2-10-16-55(81)71-52(38-45-14-8-5-9-15-45)63(94)72-51(37-44-12-6-4-7-13-44)62(93)69-29-28-68-54(80)24-25-56(82)70-47-19-17-46(18-20-47)36-48(78(42-60(89)90)43-61(91)92)39-75-30-32-76(40-58(85)86)34-35-77(33-31-75)41-59(87)88/h4-9,12-15,17-20,48-52,58,85-86H,1-3,10-11,16,21-43H2,(H,67,79)(H,68,80)(H,69,93)(H,70,82)(H,71,81)(H,72,94)(H,83,84)(H,87,88)(H,89,90)(H,91,92)(H,95,96)(H,97,98)(H2,73,74,99)/t48?,49?,50?,51-,52-/m0/s1. The molecule has 3 aromatic rings. The molecule has 4 rings (SSSR count). The van der Waals surface area contributed by atoms with Crippen molar-refractivity contribution in [3.8, 4) is 0 Å². The number of nitrogens with one attached hydrogen (secondary N) is 8. The van der Waals surface area contributed by atoms with E-state index >= 15 is 0 Å². The van der Waals surface area contributed by atoms with Crippen molar-refractivity contribution in [1.82, 2.24) is 56.8 Å². The molecule has 544 valence electrons. The number of urea groups is 1. The first-order chi connectivity index (χ1) is 47.2. The van der Waals surface area contributed by atoms with Crippen LogP contribution < -0.4 is 42.5 Å². The lowest BCUT2D eigenvalue weighted by molar-refractivity contribution is -0.144. The van der Waals surface area contributed by atoms with Crippen LogP contribution >= 0.6 is 0 Å². The normalized spacial score (nSPS) is 14.5. The minimum Gasteiger partial charge on any atom is -0.481 e. The van der Waals surface area contributed by atoms with E-state index in [1.54, 1.807) is 94.7 Å². The van der Waals surface area contributed by atoms with Gasteiger partial charge >= 0.3 is 41.8 Å². The second kappa shape index (κ2) is 45.0. The van der Waals surface area contributed by atoms with Gasteiger partial charge in [-0.3, -0.25) is 67.5 Å². The number of carboxylic acid groups (broad SMARTS) is 6. The fraction of sp³-hybridized carbons (Fsp3) is 0.530. The summed E-state index contributed by atoms with van der Waals surface area (Å²) in [5, 5.41) is 96.7. The third kappa shape index (κ3) is 35.4. The topological polar surface area (TPSA) is 493 Å². The van der Waals surface area contributed by atoms with Gasteiger partial charge in [0.05, 0.1) is 19.6 Å². The number of unbranched alkanes of at least 4 members (excludes halogenated alkanes) is 4. The van der Waals surface area contributed by atoms with E-state index in [-0.39, 0.29) is 90.6 Å². The first-order valence-electron chi connectivity index (χ1n) is 32.8. The number of rotatable bonds is 46. The van der Waals surface area contributed by atoms with E-state index in [0.717, 1.165) is 11.1 Å². The third-order valence-corrected chi connectivity index (χ3v) is 15.9. The maximum atomic E-state index is 14.1. The highest BCUT2D eigenvalue weighted by atomic mass is 16.5. The van der Waals surface area contributed by atoms with Crippen molar-refractivity contribution in [1.29, 1.82) is 0 Å². The van der Waals surface area contributed by atoms with Crippen molar-refractivity contribution in [2.24, 2.45) is 0 Å². The average Bonchev–Trinajstić information content (AvgIpc) is 1.82. The number of carboxylic acids is 6. The molecule has 3 unspecified atom stereocenters. The van der Waals surface area contributed by atoms with Gasteiger partial charge in [-0.05, 0) is 60.9 Å². The Morgan fingerprint density at radius 1 is 0.404 bits per heavy atom. The van der Waals surface area contributed by atoms with Crippen molar-refractivity contribution < 1.29 is 103 Å². The summed E-state index contributed by atoms with van der Waals surface area (Å²) in [5.74, 6) is -10.9. The number of nitrogens with zero attached hydrogens (tertiary/aromatic N) is 4. The zero-order chi connectivity index (χ0) is 72.7. The zero-order valence-corrected chi connectivity index (χ0v) is 55.2. The molecule has 3 aromatic carbocycles. The van der Waals surface area contributed by atoms with Crippen LogP contribution in [0.5, 0.6) is 0 Å². The molecule has 1 heterocycles. The van der Waals surface area contributed by atoms with Crippen molar-refractivity contribution >= 4 is 83.0 Å². The Hall–Kier alpha value is -9.67. The lowest BCUT2D eigenvalue weighted by Gasteiger charge is -2.35. The second-order valence-electron chi connectivity index (χ2n) is 24.0. The Kier molecular flexibility index (Phi) is 37.2. The monoisotopic (exact) mass is 1390 g/mol. The predicted octanol–water partition coefficient (Wildman–Crippen LogP) is -0.903. The highest BCUT2D eigenvalue weighted by Crippen LogP contribution is 2.18. The van der Waals surface area contributed by atoms with Crippen LogP contribution in [-0.4, -0.2) is 266 Å². The van der Waals surface area contributed by atoms with E-state index in [9.17, 15) is 98.1 Å². The van der Waals surface area contributed by atoms with Gasteiger partial charge < -0.3 is 83.4 Å². The molecule has 0 aromatic heterocycles. The Bertz CT molecular complexity index is 3100. The molecule has 1 saturated heterocycles. The Balaban J connectivity index is 1.24. The van der Waals surface area contributed by atoms with Crippen LogP contribution in [0.1, 0.15) is 93.7 Å². The Morgan fingerprint density at radius 2 is 0.879 bits per heavy atom. The molecule has 1 aliphatic heterocycles. The summed E-state index contributed by atoms with van der Waals surface area (Å²) >= 11 is 0. The molecule has 1 fully saturated rings. The lowest BCUT2D eigenvalue weighted by Crippen LogP contribution is -2.55. The largest absolute Gasteiger partial charge is 0.481 e. The molecule has 33 nitrogen and oxygen atoms in total. The van der Waals surface area contributed by atoms with Crippen molar-refractivity contribution in [3.05, 3.63) is 102 Å². The van der Waals surface area contributed by atoms with E-state index in [0.29, 0.717) is 82.6 Å². The zero-order valence-electron chi connectivity index (χ0n) is 55.2. The van der Waals surface area contributed by atoms with Crippen LogP contribution in [0.4, 0.5) is 10.5 Å². The number of β-amino-alcohol motifs (C(OH)–C–C–N with tert-alkyl or cyclic N) is 2. The summed E-state index contributed by atoms with van der Waals surface area (Å²) in [6, 6.07) is 17.3. The maximum Gasteiger partial charge on any atom is 0.326 e. The molecule has 0 radical (unpaired) electrons. The summed E-state index contributed by atoms with van der Waals surface area (Å²) in [7, 11) is 0. The van der Waals surface area contributed by atoms with Crippen molar-refractivity contribution in [2.75, 3.05) is 96.9 Å². The molecule has 16 N–H and O–H groups in total. The molecule has 0 aliphatic carbocycles. The van der Waals surface area contributed by atoms with Crippen molar-refractivity contribution in [2.45, 2.75) is 133 Å². The Labute approximate surface area is 572 Å². The first kappa shape index (κ1) is 81.8. The molecule has 0 saturated carbocycles. The first-order valence-corrected chi connectivity index (χ1v) is 32.8. The molecular formula is C66H94N12O21. The number of amides is 8. The van der Waals surface area contributed by atoms with E-state index in [1.165, 1.54) is 4.90 Å². The highest BCUT2D eigenvalue weighted by Gasteiger charge is 2.31. The summed E-state index contributed by atoms with van der Waals surface area (Å²) in [6.07, 6.45) is -0.214. The molecule has 1 aliphatic rings. The number of anilines is 1. The summed E-state index contributed by atoms with van der Waals surface area (Å²) in [6.45, 7) is 0.902. The van der Waals surface area contributed by atoms with Gasteiger partial charge in [0.15, 0.2) is 6.29 Å². The number of carbonyl (C=O) groups is 13. The molecule has 8 amide bonds. The van der Waals surface area contributed by atoms with Crippen molar-refractivity contribution in [3.63, 3.8) is 0 Å². The molecular weight excluding hydrogens is 1300 g/mol.